The van der Waals surface area contributed by atoms with Gasteiger partial charge in [0.25, 0.3) is 0 Å². The van der Waals surface area contributed by atoms with Gasteiger partial charge in [-0.25, -0.2) is 0 Å². The van der Waals surface area contributed by atoms with E-state index in [-0.39, 0.29) is 12.5 Å². The Hall–Kier alpha value is -0.680. The van der Waals surface area contributed by atoms with Crippen LogP contribution in [0.15, 0.2) is 30.3 Å². The van der Waals surface area contributed by atoms with Crippen LogP contribution in [0.3, 0.4) is 0 Å². The lowest BCUT2D eigenvalue weighted by Crippen LogP contribution is -2.30. The van der Waals surface area contributed by atoms with Crippen molar-refractivity contribution in [2.24, 2.45) is 0 Å². The summed E-state index contributed by atoms with van der Waals surface area (Å²) in [4.78, 5) is 0. The smallest absolute Gasteiger partial charge is 0.368 e. The van der Waals surface area contributed by atoms with Crippen LogP contribution in [0, 0.1) is 0 Å². The maximum Gasteiger partial charge on any atom is 0.414 e. The first-order valence-corrected chi connectivity index (χ1v) is 5.92. The van der Waals surface area contributed by atoms with E-state index in [2.05, 4.69) is 12.6 Å². The fourth-order valence-electron chi connectivity index (χ4n) is 1.33. The highest BCUT2D eigenvalue weighted by molar-refractivity contribution is 7.80. The van der Waals surface area contributed by atoms with Gasteiger partial charge in [-0.05, 0) is 18.2 Å². The highest BCUT2D eigenvalue weighted by Gasteiger charge is 2.37. The minimum atomic E-state index is -4.31. The van der Waals surface area contributed by atoms with E-state index in [1.807, 2.05) is 30.3 Å². The molecule has 1 aromatic rings. The minimum absolute atomic E-state index is 0.0220. The third-order valence-corrected chi connectivity index (χ3v) is 2.94. The van der Waals surface area contributed by atoms with Gasteiger partial charge in [-0.2, -0.15) is 25.8 Å². The van der Waals surface area contributed by atoms with Gasteiger partial charge in [-0.3, -0.25) is 0 Å². The standard InChI is InChI=1S/C12H15F3OS/c1-9(12(13,14)15)16-7-11(8-17)10-5-3-2-4-6-10/h2-6,9,11,17H,7-8H2,1H3. The molecule has 0 saturated carbocycles. The van der Waals surface area contributed by atoms with Crippen molar-refractivity contribution in [2.45, 2.75) is 25.1 Å². The molecule has 0 fully saturated rings. The highest BCUT2D eigenvalue weighted by atomic mass is 32.1. The van der Waals surface area contributed by atoms with Crippen LogP contribution < -0.4 is 0 Å². The molecule has 0 aliphatic heterocycles. The Morgan fingerprint density at radius 2 is 1.82 bits per heavy atom. The third-order valence-electron chi connectivity index (χ3n) is 2.50. The molecule has 17 heavy (non-hydrogen) atoms. The lowest BCUT2D eigenvalue weighted by Gasteiger charge is -2.20. The van der Waals surface area contributed by atoms with E-state index in [0.29, 0.717) is 5.75 Å². The first-order valence-electron chi connectivity index (χ1n) is 5.29. The quantitative estimate of drug-likeness (QED) is 0.798. The molecule has 0 amide bonds. The van der Waals surface area contributed by atoms with E-state index in [0.717, 1.165) is 12.5 Å². The fourth-order valence-corrected chi connectivity index (χ4v) is 1.65. The summed E-state index contributed by atoms with van der Waals surface area (Å²) in [5.41, 5.74) is 0.942. The van der Waals surface area contributed by atoms with Gasteiger partial charge >= 0.3 is 6.18 Å². The molecule has 0 N–H and O–H groups in total. The van der Waals surface area contributed by atoms with Crippen molar-refractivity contribution in [1.82, 2.24) is 0 Å². The third kappa shape index (κ3) is 4.60. The Morgan fingerprint density at radius 1 is 1.24 bits per heavy atom. The van der Waals surface area contributed by atoms with Crippen molar-refractivity contribution in [2.75, 3.05) is 12.4 Å². The van der Waals surface area contributed by atoms with Crippen LogP contribution in [-0.4, -0.2) is 24.6 Å². The number of hydrogen-bond donors (Lipinski definition) is 1. The van der Waals surface area contributed by atoms with Crippen molar-refractivity contribution < 1.29 is 17.9 Å². The predicted octanol–water partition coefficient (Wildman–Crippen LogP) is 3.67. The summed E-state index contributed by atoms with van der Waals surface area (Å²) in [6, 6.07) is 9.28. The van der Waals surface area contributed by atoms with Gasteiger partial charge in [0.15, 0.2) is 6.10 Å². The van der Waals surface area contributed by atoms with Crippen LogP contribution in [0.1, 0.15) is 18.4 Å². The molecule has 0 aliphatic carbocycles. The SMILES string of the molecule is CC(OCC(CS)c1ccccc1)C(F)(F)F. The van der Waals surface area contributed by atoms with E-state index in [4.69, 9.17) is 4.74 Å². The molecule has 96 valence electrons. The monoisotopic (exact) mass is 264 g/mol. The molecule has 2 atom stereocenters. The molecule has 1 rings (SSSR count). The van der Waals surface area contributed by atoms with Crippen LogP contribution in [0.2, 0.25) is 0 Å². The molecule has 1 aromatic carbocycles. The number of ether oxygens (including phenoxy) is 1. The second-order valence-electron chi connectivity index (χ2n) is 3.81. The van der Waals surface area contributed by atoms with Crippen LogP contribution in [-0.2, 0) is 4.74 Å². The molecule has 0 radical (unpaired) electrons. The Morgan fingerprint density at radius 3 is 2.29 bits per heavy atom. The van der Waals surface area contributed by atoms with E-state index in [1.54, 1.807) is 0 Å². The maximum atomic E-state index is 12.3. The predicted molar refractivity (Wildman–Crippen MR) is 64.5 cm³/mol. The van der Waals surface area contributed by atoms with E-state index in [9.17, 15) is 13.2 Å². The van der Waals surface area contributed by atoms with Gasteiger partial charge in [0, 0.05) is 5.92 Å². The average molecular weight is 264 g/mol. The van der Waals surface area contributed by atoms with E-state index >= 15 is 0 Å². The number of halogens is 3. The number of hydrogen-bond acceptors (Lipinski definition) is 2. The molecule has 1 nitrogen and oxygen atoms in total. The zero-order valence-electron chi connectivity index (χ0n) is 9.45. The van der Waals surface area contributed by atoms with Gasteiger partial charge in [0.2, 0.25) is 0 Å². The number of alkyl halides is 3. The zero-order chi connectivity index (χ0) is 12.9. The molecular weight excluding hydrogens is 249 g/mol. The summed E-state index contributed by atoms with van der Waals surface area (Å²) >= 11 is 4.14. The maximum absolute atomic E-state index is 12.3. The zero-order valence-corrected chi connectivity index (χ0v) is 10.3. The summed E-state index contributed by atoms with van der Waals surface area (Å²) in [5, 5.41) is 0. The molecule has 0 aliphatic rings. The number of rotatable bonds is 5. The van der Waals surface area contributed by atoms with Crippen LogP contribution in [0.25, 0.3) is 0 Å². The lowest BCUT2D eigenvalue weighted by atomic mass is 10.0. The van der Waals surface area contributed by atoms with Crippen LogP contribution in [0.5, 0.6) is 0 Å². The van der Waals surface area contributed by atoms with Gasteiger partial charge in [-0.15, -0.1) is 0 Å². The summed E-state index contributed by atoms with van der Waals surface area (Å²) in [7, 11) is 0. The Labute approximate surface area is 104 Å². The van der Waals surface area contributed by atoms with Gasteiger partial charge in [0.05, 0.1) is 6.61 Å². The average Bonchev–Trinajstić information content (AvgIpc) is 2.29. The number of thiol groups is 1. The first kappa shape index (κ1) is 14.4. The van der Waals surface area contributed by atoms with E-state index < -0.39 is 12.3 Å². The molecular formula is C12H15F3OS. The Bertz CT molecular complexity index is 326. The Kier molecular flexibility index (Phi) is 5.33. The fraction of sp³-hybridized carbons (Fsp3) is 0.500. The molecule has 0 saturated heterocycles. The Balaban J connectivity index is 2.55. The normalized spacial score (nSPS) is 15.6. The van der Waals surface area contributed by atoms with Gasteiger partial charge < -0.3 is 4.74 Å². The van der Waals surface area contributed by atoms with Crippen LogP contribution >= 0.6 is 12.6 Å². The topological polar surface area (TPSA) is 9.23 Å². The highest BCUT2D eigenvalue weighted by Crippen LogP contribution is 2.25. The first-order chi connectivity index (χ1) is 7.95. The van der Waals surface area contributed by atoms with Crippen molar-refractivity contribution in [3.05, 3.63) is 35.9 Å². The molecule has 0 heterocycles. The molecule has 5 heteroatoms. The van der Waals surface area contributed by atoms with Crippen molar-refractivity contribution in [1.29, 1.82) is 0 Å². The summed E-state index contributed by atoms with van der Waals surface area (Å²) in [6.45, 7) is 1.04. The van der Waals surface area contributed by atoms with Gasteiger partial charge in [0.1, 0.15) is 0 Å². The minimum Gasteiger partial charge on any atom is -0.368 e. The van der Waals surface area contributed by atoms with Crippen molar-refractivity contribution in [3.8, 4) is 0 Å². The molecule has 0 spiro atoms. The van der Waals surface area contributed by atoms with Crippen LogP contribution in [0.4, 0.5) is 13.2 Å². The van der Waals surface area contributed by atoms with Crippen molar-refractivity contribution >= 4 is 12.6 Å². The second-order valence-corrected chi connectivity index (χ2v) is 4.17. The molecule has 0 bridgehead atoms. The second kappa shape index (κ2) is 6.31. The molecule has 2 unspecified atom stereocenters. The van der Waals surface area contributed by atoms with Gasteiger partial charge in [-0.1, -0.05) is 30.3 Å². The summed E-state index contributed by atoms with van der Waals surface area (Å²) in [5.74, 6) is 0.332. The number of benzene rings is 1. The largest absolute Gasteiger partial charge is 0.414 e. The van der Waals surface area contributed by atoms with E-state index in [1.165, 1.54) is 0 Å². The van der Waals surface area contributed by atoms with Crippen molar-refractivity contribution in [3.63, 3.8) is 0 Å². The lowest BCUT2D eigenvalue weighted by molar-refractivity contribution is -0.214. The summed E-state index contributed by atoms with van der Waals surface area (Å²) in [6.07, 6.45) is -6.05. The summed E-state index contributed by atoms with van der Waals surface area (Å²) < 4.78 is 41.6. The molecule has 0 aromatic heterocycles.